The van der Waals surface area contributed by atoms with Crippen LogP contribution in [0, 0.1) is 6.92 Å². The van der Waals surface area contributed by atoms with E-state index in [1.807, 2.05) is 26.8 Å². The van der Waals surface area contributed by atoms with Crippen molar-refractivity contribution in [3.8, 4) is 5.88 Å². The first kappa shape index (κ1) is 13.1. The highest BCUT2D eigenvalue weighted by atomic mass is 16.5. The minimum absolute atomic E-state index is 0.0381. The largest absolute Gasteiger partial charge is 0.475 e. The summed E-state index contributed by atoms with van der Waals surface area (Å²) >= 11 is 0. The number of H-pyrrole nitrogens is 1. The molecule has 0 aliphatic heterocycles. The Kier molecular flexibility index (Phi) is 3.84. The Morgan fingerprint density at radius 1 is 1.37 bits per heavy atom. The van der Waals surface area contributed by atoms with Gasteiger partial charge in [0.15, 0.2) is 0 Å². The molecule has 2 aromatic heterocycles. The fraction of sp³-hybridized carbons (Fsp3) is 0.417. The van der Waals surface area contributed by atoms with Crippen molar-refractivity contribution in [2.75, 3.05) is 11.1 Å². The van der Waals surface area contributed by atoms with Crippen LogP contribution < -0.4 is 15.8 Å². The lowest BCUT2D eigenvalue weighted by Crippen LogP contribution is -2.10. The average molecular weight is 262 g/mol. The molecule has 2 rings (SSSR count). The van der Waals surface area contributed by atoms with Crippen LogP contribution in [-0.4, -0.2) is 26.3 Å². The van der Waals surface area contributed by atoms with E-state index in [1.165, 1.54) is 0 Å². The number of hydrogen-bond donors (Lipinski definition) is 3. The standard InChI is InChI=1S/C12H18N6O/c1-7(2)19-11-5-10(15-12(13)16-11)14-6-9-4-8(3)17-18-9/h4-5,7H,6H2,1-3H3,(H,17,18)(H3,13,14,15,16). The molecule has 7 nitrogen and oxygen atoms in total. The predicted molar refractivity (Wildman–Crippen MR) is 72.9 cm³/mol. The molecular weight excluding hydrogens is 244 g/mol. The maximum Gasteiger partial charge on any atom is 0.225 e. The van der Waals surface area contributed by atoms with Crippen molar-refractivity contribution in [1.29, 1.82) is 0 Å². The Hall–Kier alpha value is -2.31. The highest BCUT2D eigenvalue weighted by Gasteiger charge is 2.06. The van der Waals surface area contributed by atoms with Crippen LogP contribution in [0.4, 0.5) is 11.8 Å². The molecular formula is C12H18N6O. The number of nitrogens with zero attached hydrogens (tertiary/aromatic N) is 3. The second-order valence-corrected chi connectivity index (χ2v) is 4.51. The van der Waals surface area contributed by atoms with Crippen molar-refractivity contribution in [2.24, 2.45) is 0 Å². The minimum Gasteiger partial charge on any atom is -0.475 e. The number of nitrogen functional groups attached to an aromatic ring is 1. The van der Waals surface area contributed by atoms with Crippen molar-refractivity contribution in [3.63, 3.8) is 0 Å². The van der Waals surface area contributed by atoms with Gasteiger partial charge in [0.25, 0.3) is 0 Å². The van der Waals surface area contributed by atoms with Gasteiger partial charge in [-0.3, -0.25) is 5.10 Å². The molecule has 2 heterocycles. The van der Waals surface area contributed by atoms with Crippen molar-refractivity contribution >= 4 is 11.8 Å². The molecule has 102 valence electrons. The average Bonchev–Trinajstić information content (AvgIpc) is 2.71. The molecule has 0 aliphatic carbocycles. The van der Waals surface area contributed by atoms with Crippen molar-refractivity contribution in [1.82, 2.24) is 20.2 Å². The molecule has 0 fully saturated rings. The van der Waals surface area contributed by atoms with Gasteiger partial charge in [-0.25, -0.2) is 0 Å². The van der Waals surface area contributed by atoms with Crippen molar-refractivity contribution in [2.45, 2.75) is 33.4 Å². The summed E-state index contributed by atoms with van der Waals surface area (Å²) in [6, 6.07) is 3.68. The zero-order chi connectivity index (χ0) is 13.8. The van der Waals surface area contributed by atoms with Crippen molar-refractivity contribution in [3.05, 3.63) is 23.5 Å². The van der Waals surface area contributed by atoms with E-state index in [0.717, 1.165) is 11.4 Å². The highest BCUT2D eigenvalue weighted by Crippen LogP contribution is 2.16. The van der Waals surface area contributed by atoms with Crippen LogP contribution in [0.15, 0.2) is 12.1 Å². The summed E-state index contributed by atoms with van der Waals surface area (Å²) in [5.41, 5.74) is 7.56. The number of aromatic amines is 1. The van der Waals surface area contributed by atoms with Gasteiger partial charge < -0.3 is 15.8 Å². The molecule has 0 aromatic carbocycles. The number of nitrogens with one attached hydrogen (secondary N) is 2. The number of hydrogen-bond acceptors (Lipinski definition) is 6. The molecule has 4 N–H and O–H groups in total. The first-order valence-electron chi connectivity index (χ1n) is 6.09. The second kappa shape index (κ2) is 5.55. The molecule has 0 saturated heterocycles. The summed E-state index contributed by atoms with van der Waals surface area (Å²) in [7, 11) is 0. The lowest BCUT2D eigenvalue weighted by molar-refractivity contribution is 0.233. The quantitative estimate of drug-likeness (QED) is 0.754. The molecule has 0 amide bonds. The van der Waals surface area contributed by atoms with E-state index in [-0.39, 0.29) is 12.1 Å². The number of anilines is 2. The van der Waals surface area contributed by atoms with Gasteiger partial charge in [-0.05, 0) is 26.8 Å². The van der Waals surface area contributed by atoms with Gasteiger partial charge in [-0.15, -0.1) is 0 Å². The minimum atomic E-state index is 0.0381. The molecule has 2 aromatic rings. The summed E-state index contributed by atoms with van der Waals surface area (Å²) in [5, 5.41) is 10.1. The number of aryl methyl sites for hydroxylation is 1. The Morgan fingerprint density at radius 3 is 2.79 bits per heavy atom. The van der Waals surface area contributed by atoms with Crippen LogP contribution in [0.5, 0.6) is 5.88 Å². The van der Waals surface area contributed by atoms with Gasteiger partial charge in [-0.1, -0.05) is 0 Å². The Bertz CT molecular complexity index is 551. The lowest BCUT2D eigenvalue weighted by atomic mass is 10.3. The fourth-order valence-electron chi connectivity index (χ4n) is 1.58. The number of nitrogens with two attached hydrogens (primary N) is 1. The van der Waals surface area contributed by atoms with E-state index in [1.54, 1.807) is 6.07 Å². The number of rotatable bonds is 5. The van der Waals surface area contributed by atoms with Crippen LogP contribution in [0.2, 0.25) is 0 Å². The number of aromatic nitrogens is 4. The monoisotopic (exact) mass is 262 g/mol. The van der Waals surface area contributed by atoms with Gasteiger partial charge in [-0.2, -0.15) is 15.1 Å². The molecule has 0 spiro atoms. The molecule has 0 unspecified atom stereocenters. The van der Waals surface area contributed by atoms with E-state index >= 15 is 0 Å². The summed E-state index contributed by atoms with van der Waals surface area (Å²) in [5.74, 6) is 1.26. The molecule has 0 radical (unpaired) electrons. The Balaban J connectivity index is 2.05. The predicted octanol–water partition coefficient (Wildman–Crippen LogP) is 1.49. The van der Waals surface area contributed by atoms with Gasteiger partial charge in [0.05, 0.1) is 18.3 Å². The lowest BCUT2D eigenvalue weighted by Gasteiger charge is -2.10. The van der Waals surface area contributed by atoms with Crippen LogP contribution in [-0.2, 0) is 6.54 Å². The normalized spacial score (nSPS) is 10.7. The first-order valence-corrected chi connectivity index (χ1v) is 6.09. The van der Waals surface area contributed by atoms with E-state index in [4.69, 9.17) is 10.5 Å². The number of ether oxygens (including phenoxy) is 1. The third-order valence-corrected chi connectivity index (χ3v) is 2.29. The van der Waals surface area contributed by atoms with E-state index in [9.17, 15) is 0 Å². The highest BCUT2D eigenvalue weighted by molar-refractivity contribution is 5.43. The summed E-state index contributed by atoms with van der Waals surface area (Å²) in [6.07, 6.45) is 0.0381. The van der Waals surface area contributed by atoms with Gasteiger partial charge in [0.2, 0.25) is 11.8 Å². The molecule has 0 atom stereocenters. The maximum absolute atomic E-state index is 5.64. The SMILES string of the molecule is Cc1cc(CNc2cc(OC(C)C)nc(N)n2)n[nH]1. The third kappa shape index (κ3) is 3.84. The summed E-state index contributed by atoms with van der Waals surface area (Å²) < 4.78 is 5.50. The van der Waals surface area contributed by atoms with Crippen LogP contribution in [0.3, 0.4) is 0 Å². The maximum atomic E-state index is 5.64. The van der Waals surface area contributed by atoms with E-state index in [0.29, 0.717) is 18.2 Å². The van der Waals surface area contributed by atoms with Gasteiger partial charge in [0, 0.05) is 11.8 Å². The molecule has 19 heavy (non-hydrogen) atoms. The van der Waals surface area contributed by atoms with E-state index in [2.05, 4.69) is 25.5 Å². The molecule has 0 aliphatic rings. The molecule has 7 heteroatoms. The fourth-order valence-corrected chi connectivity index (χ4v) is 1.58. The second-order valence-electron chi connectivity index (χ2n) is 4.51. The van der Waals surface area contributed by atoms with E-state index < -0.39 is 0 Å². The summed E-state index contributed by atoms with van der Waals surface area (Å²) in [6.45, 7) is 6.37. The zero-order valence-corrected chi connectivity index (χ0v) is 11.3. The van der Waals surface area contributed by atoms with Crippen molar-refractivity contribution < 1.29 is 4.74 Å². The molecule has 0 saturated carbocycles. The topological polar surface area (TPSA) is 102 Å². The van der Waals surface area contributed by atoms with Crippen LogP contribution in [0.1, 0.15) is 25.2 Å². The van der Waals surface area contributed by atoms with Crippen LogP contribution >= 0.6 is 0 Å². The van der Waals surface area contributed by atoms with Gasteiger partial charge >= 0.3 is 0 Å². The molecule has 0 bridgehead atoms. The smallest absolute Gasteiger partial charge is 0.225 e. The first-order chi connectivity index (χ1) is 9.02. The third-order valence-electron chi connectivity index (χ3n) is 2.29. The van der Waals surface area contributed by atoms with Crippen LogP contribution in [0.25, 0.3) is 0 Å². The summed E-state index contributed by atoms with van der Waals surface area (Å²) in [4.78, 5) is 8.12. The Labute approximate surface area is 111 Å². The Morgan fingerprint density at radius 2 is 2.16 bits per heavy atom. The zero-order valence-electron chi connectivity index (χ0n) is 11.3. The van der Waals surface area contributed by atoms with Gasteiger partial charge in [0.1, 0.15) is 5.82 Å².